The first-order valence-corrected chi connectivity index (χ1v) is 11.1. The van der Waals surface area contributed by atoms with Crippen molar-refractivity contribution in [2.75, 3.05) is 6.54 Å². The third-order valence-electron chi connectivity index (χ3n) is 4.56. The van der Waals surface area contributed by atoms with Crippen molar-refractivity contribution in [3.63, 3.8) is 0 Å². The number of unbranched alkanes of at least 4 members (excludes halogenated alkanes) is 12. The van der Waals surface area contributed by atoms with E-state index in [2.05, 4.69) is 43.4 Å². The van der Waals surface area contributed by atoms with Gasteiger partial charge in [0.15, 0.2) is 0 Å². The molecule has 0 spiro atoms. The average Bonchev–Trinajstić information content (AvgIpc) is 2.63. The summed E-state index contributed by atoms with van der Waals surface area (Å²) in [6.45, 7) is 3.09. The van der Waals surface area contributed by atoms with Gasteiger partial charge in [-0.1, -0.05) is 81.9 Å². The van der Waals surface area contributed by atoms with E-state index in [9.17, 15) is 0 Å². The molecule has 0 aliphatic heterocycles. The molecule has 0 bridgehead atoms. The van der Waals surface area contributed by atoms with Crippen LogP contribution in [0.5, 0.6) is 0 Å². The number of hydrogen-bond acceptors (Lipinski definition) is 1. The third-order valence-corrected chi connectivity index (χ3v) is 4.56. The molecule has 0 aromatic heterocycles. The second-order valence-electron chi connectivity index (χ2n) is 7.13. The smallest absolute Gasteiger partial charge is 0.00772 e. The number of hydrogen-bond donors (Lipinski definition) is 1. The average molecular weight is 348 g/mol. The van der Waals surface area contributed by atoms with Gasteiger partial charge >= 0.3 is 0 Å². The zero-order valence-electron chi connectivity index (χ0n) is 17.1. The van der Waals surface area contributed by atoms with Gasteiger partial charge in [-0.25, -0.2) is 0 Å². The van der Waals surface area contributed by atoms with E-state index in [-0.39, 0.29) is 0 Å². The molecule has 1 nitrogen and oxygen atoms in total. The van der Waals surface area contributed by atoms with E-state index in [4.69, 9.17) is 5.73 Å². The summed E-state index contributed by atoms with van der Waals surface area (Å²) in [5.41, 5.74) is 5.48. The van der Waals surface area contributed by atoms with Crippen molar-refractivity contribution in [3.05, 3.63) is 36.5 Å². The van der Waals surface area contributed by atoms with Crippen LogP contribution in [0.15, 0.2) is 36.5 Å². The number of allylic oxidation sites excluding steroid dienone is 6. The molecule has 146 valence electrons. The predicted molar refractivity (Wildman–Crippen MR) is 116 cm³/mol. The van der Waals surface area contributed by atoms with Gasteiger partial charge in [-0.3, -0.25) is 0 Å². The Morgan fingerprint density at radius 3 is 1.36 bits per heavy atom. The van der Waals surface area contributed by atoms with Gasteiger partial charge in [0.1, 0.15) is 0 Å². The second-order valence-corrected chi connectivity index (χ2v) is 7.13. The van der Waals surface area contributed by atoms with Crippen molar-refractivity contribution < 1.29 is 0 Å². The predicted octanol–water partition coefficient (Wildman–Crippen LogP) is 7.88. The van der Waals surface area contributed by atoms with E-state index in [1.54, 1.807) is 0 Å². The van der Waals surface area contributed by atoms with E-state index < -0.39 is 0 Å². The van der Waals surface area contributed by atoms with Gasteiger partial charge in [-0.05, 0) is 70.8 Å². The first-order valence-electron chi connectivity index (χ1n) is 11.1. The summed E-state index contributed by atoms with van der Waals surface area (Å²) >= 11 is 0. The first kappa shape index (κ1) is 24.2. The summed E-state index contributed by atoms with van der Waals surface area (Å²) in [6, 6.07) is 0. The van der Waals surface area contributed by atoms with Crippen molar-refractivity contribution in [1.82, 2.24) is 0 Å². The second kappa shape index (κ2) is 23.2. The fourth-order valence-electron chi connectivity index (χ4n) is 2.89. The summed E-state index contributed by atoms with van der Waals surface area (Å²) in [5.74, 6) is 0. The standard InChI is InChI=1S/C24H45N/c1-2-3-4-5-6-7-8-9-10-11-12-13-14-15-16-17-18-19-20-21-22-23-24-25/h6-7,9-10,19-20H,2-5,8,11-18,21-25H2,1H3. The van der Waals surface area contributed by atoms with Crippen molar-refractivity contribution in [2.45, 2.75) is 110 Å². The highest BCUT2D eigenvalue weighted by molar-refractivity contribution is 4.92. The Kier molecular flexibility index (Phi) is 22.4. The van der Waals surface area contributed by atoms with Crippen LogP contribution < -0.4 is 5.73 Å². The molecule has 0 aromatic carbocycles. The Balaban J connectivity index is 3.16. The van der Waals surface area contributed by atoms with Crippen molar-refractivity contribution >= 4 is 0 Å². The molecule has 2 N–H and O–H groups in total. The number of rotatable bonds is 19. The number of nitrogens with two attached hydrogens (primary N) is 1. The first-order chi connectivity index (χ1) is 12.4. The summed E-state index contributed by atoms with van der Waals surface area (Å²) in [6.07, 6.45) is 34.9. The highest BCUT2D eigenvalue weighted by Gasteiger charge is 1.90. The van der Waals surface area contributed by atoms with E-state index in [0.29, 0.717) is 0 Å². The lowest BCUT2D eigenvalue weighted by Crippen LogP contribution is -1.96. The summed E-state index contributed by atoms with van der Waals surface area (Å²) in [5, 5.41) is 0. The Bertz CT molecular complexity index is 314. The molecule has 0 heterocycles. The molecule has 25 heavy (non-hydrogen) atoms. The molecule has 0 unspecified atom stereocenters. The topological polar surface area (TPSA) is 26.0 Å². The Morgan fingerprint density at radius 2 is 0.880 bits per heavy atom. The van der Waals surface area contributed by atoms with Crippen LogP contribution in [0.1, 0.15) is 110 Å². The Labute approximate surface area is 158 Å². The van der Waals surface area contributed by atoms with Crippen molar-refractivity contribution in [1.29, 1.82) is 0 Å². The normalized spacial score (nSPS) is 12.2. The van der Waals surface area contributed by atoms with Crippen LogP contribution in [0.3, 0.4) is 0 Å². The monoisotopic (exact) mass is 347 g/mol. The molecule has 0 aliphatic rings. The lowest BCUT2D eigenvalue weighted by atomic mass is 10.1. The van der Waals surface area contributed by atoms with Crippen LogP contribution in [-0.4, -0.2) is 6.54 Å². The lowest BCUT2D eigenvalue weighted by Gasteiger charge is -1.99. The maximum absolute atomic E-state index is 5.48. The van der Waals surface area contributed by atoms with Crippen LogP contribution in [-0.2, 0) is 0 Å². The Morgan fingerprint density at radius 1 is 0.480 bits per heavy atom. The highest BCUT2D eigenvalue weighted by atomic mass is 14.5. The van der Waals surface area contributed by atoms with Gasteiger partial charge in [-0.2, -0.15) is 0 Å². The van der Waals surface area contributed by atoms with E-state index in [1.165, 1.54) is 89.9 Å². The van der Waals surface area contributed by atoms with Gasteiger partial charge < -0.3 is 5.73 Å². The van der Waals surface area contributed by atoms with Gasteiger partial charge in [-0.15, -0.1) is 0 Å². The molecule has 0 rings (SSSR count). The van der Waals surface area contributed by atoms with Gasteiger partial charge in [0.05, 0.1) is 0 Å². The molecule has 0 saturated heterocycles. The molecular formula is C24H45N. The summed E-state index contributed by atoms with van der Waals surface area (Å²) in [7, 11) is 0. The molecule has 0 amide bonds. The fourth-order valence-corrected chi connectivity index (χ4v) is 2.89. The molecule has 0 atom stereocenters. The molecule has 0 radical (unpaired) electrons. The minimum Gasteiger partial charge on any atom is -0.330 e. The molecule has 0 aliphatic carbocycles. The maximum atomic E-state index is 5.48. The minimum absolute atomic E-state index is 0.833. The Hall–Kier alpha value is -0.820. The SMILES string of the molecule is CCCCCC=CCC=CCCCCCCCCC=CCCCCN. The molecule has 0 fully saturated rings. The van der Waals surface area contributed by atoms with E-state index in [0.717, 1.165) is 19.4 Å². The molecule has 0 aromatic rings. The van der Waals surface area contributed by atoms with Crippen molar-refractivity contribution in [2.24, 2.45) is 5.73 Å². The lowest BCUT2D eigenvalue weighted by molar-refractivity contribution is 0.599. The molecular weight excluding hydrogens is 302 g/mol. The quantitative estimate of drug-likeness (QED) is 0.187. The fraction of sp³-hybridized carbons (Fsp3) is 0.750. The zero-order valence-corrected chi connectivity index (χ0v) is 17.1. The largest absolute Gasteiger partial charge is 0.330 e. The van der Waals surface area contributed by atoms with Crippen LogP contribution in [0.25, 0.3) is 0 Å². The minimum atomic E-state index is 0.833. The molecule has 1 heteroatoms. The molecule has 0 saturated carbocycles. The maximum Gasteiger partial charge on any atom is -0.00772 e. The third kappa shape index (κ3) is 23.2. The van der Waals surface area contributed by atoms with Crippen LogP contribution >= 0.6 is 0 Å². The van der Waals surface area contributed by atoms with Gasteiger partial charge in [0.2, 0.25) is 0 Å². The van der Waals surface area contributed by atoms with Gasteiger partial charge in [0, 0.05) is 0 Å². The van der Waals surface area contributed by atoms with E-state index >= 15 is 0 Å². The van der Waals surface area contributed by atoms with E-state index in [1.807, 2.05) is 0 Å². The summed E-state index contributed by atoms with van der Waals surface area (Å²) < 4.78 is 0. The van der Waals surface area contributed by atoms with Crippen LogP contribution in [0.4, 0.5) is 0 Å². The van der Waals surface area contributed by atoms with Gasteiger partial charge in [0.25, 0.3) is 0 Å². The van der Waals surface area contributed by atoms with Crippen LogP contribution in [0, 0.1) is 0 Å². The highest BCUT2D eigenvalue weighted by Crippen LogP contribution is 2.10. The zero-order chi connectivity index (χ0) is 18.3. The van der Waals surface area contributed by atoms with Crippen LogP contribution in [0.2, 0.25) is 0 Å². The van der Waals surface area contributed by atoms with Crippen molar-refractivity contribution in [3.8, 4) is 0 Å². The summed E-state index contributed by atoms with van der Waals surface area (Å²) in [4.78, 5) is 0.